The molecule has 0 saturated heterocycles. The van der Waals surface area contributed by atoms with E-state index < -0.39 is 17.4 Å². The second-order valence-corrected chi connectivity index (χ2v) is 10.9. The van der Waals surface area contributed by atoms with Crippen LogP contribution in [0.15, 0.2) is 65.3 Å². The summed E-state index contributed by atoms with van der Waals surface area (Å²) in [5, 5.41) is 16.9. The van der Waals surface area contributed by atoms with E-state index in [0.717, 1.165) is 11.3 Å². The lowest BCUT2D eigenvalue weighted by Gasteiger charge is -2.19. The van der Waals surface area contributed by atoms with E-state index in [1.54, 1.807) is 32.9 Å². The van der Waals surface area contributed by atoms with Gasteiger partial charge in [-0.05, 0) is 90.8 Å². The number of carbonyl (C=O) groups is 1. The topological polar surface area (TPSA) is 96.3 Å². The highest BCUT2D eigenvalue weighted by molar-refractivity contribution is 9.10. The number of ether oxygens (including phenoxy) is 2. The van der Waals surface area contributed by atoms with E-state index in [1.165, 1.54) is 18.3 Å². The van der Waals surface area contributed by atoms with Crippen molar-refractivity contribution in [1.82, 2.24) is 4.98 Å². The number of nitrogens with one attached hydrogen (secondary N) is 2. The normalized spacial score (nSPS) is 11.1. The van der Waals surface area contributed by atoms with E-state index in [-0.39, 0.29) is 11.6 Å². The van der Waals surface area contributed by atoms with Gasteiger partial charge in [0.2, 0.25) is 0 Å². The van der Waals surface area contributed by atoms with Gasteiger partial charge in [0.25, 0.3) is 0 Å². The number of hydrogen-bond donors (Lipinski definition) is 2. The van der Waals surface area contributed by atoms with Crippen molar-refractivity contribution in [2.45, 2.75) is 32.9 Å². The lowest BCUT2D eigenvalue weighted by Crippen LogP contribution is -2.27. The number of pyridine rings is 1. The molecule has 4 rings (SSSR count). The molecular weight excluding hydrogens is 587 g/mol. The van der Waals surface area contributed by atoms with Crippen molar-refractivity contribution in [2.24, 2.45) is 0 Å². The van der Waals surface area contributed by atoms with Gasteiger partial charge in [-0.15, -0.1) is 0 Å². The van der Waals surface area contributed by atoms with Gasteiger partial charge in [0.05, 0.1) is 26.3 Å². The average molecular weight is 612 g/mol. The molecule has 0 radical (unpaired) electrons. The van der Waals surface area contributed by atoms with Crippen molar-refractivity contribution in [2.75, 3.05) is 17.2 Å². The number of esters is 1. The van der Waals surface area contributed by atoms with Crippen LogP contribution in [0.25, 0.3) is 10.9 Å². The molecule has 0 aliphatic rings. The first-order valence-electron chi connectivity index (χ1n) is 11.9. The van der Waals surface area contributed by atoms with Gasteiger partial charge in [-0.2, -0.15) is 5.26 Å². The lowest BCUT2D eigenvalue weighted by atomic mass is 10.1. The van der Waals surface area contributed by atoms with Crippen molar-refractivity contribution < 1.29 is 18.7 Å². The van der Waals surface area contributed by atoms with Gasteiger partial charge in [0, 0.05) is 29.5 Å². The summed E-state index contributed by atoms with van der Waals surface area (Å²) in [5.41, 5.74) is 3.31. The lowest BCUT2D eigenvalue weighted by molar-refractivity contribution is -0.157. The van der Waals surface area contributed by atoms with Crippen LogP contribution >= 0.6 is 27.5 Å². The Labute approximate surface area is 239 Å². The smallest absolute Gasteiger partial charge is 0.344 e. The quantitative estimate of drug-likeness (QED) is 0.197. The second-order valence-electron chi connectivity index (χ2n) is 9.64. The number of hydrogen-bond acceptors (Lipinski definition) is 7. The average Bonchev–Trinajstić information content (AvgIpc) is 2.88. The molecule has 10 heteroatoms. The zero-order valence-corrected chi connectivity index (χ0v) is 23.8. The van der Waals surface area contributed by atoms with E-state index in [2.05, 4.69) is 37.6 Å². The molecule has 2 N–H and O–H groups in total. The first-order chi connectivity index (χ1) is 18.5. The fourth-order valence-corrected chi connectivity index (χ4v) is 4.44. The minimum atomic E-state index is -0.576. The Morgan fingerprint density at radius 1 is 1.13 bits per heavy atom. The number of nitriles is 1. The maximum atomic E-state index is 13.6. The number of benzene rings is 3. The maximum absolute atomic E-state index is 13.6. The van der Waals surface area contributed by atoms with E-state index in [1.807, 2.05) is 30.3 Å². The first kappa shape index (κ1) is 28.1. The zero-order valence-electron chi connectivity index (χ0n) is 21.4. The molecule has 0 unspecified atom stereocenters. The van der Waals surface area contributed by atoms with E-state index in [0.29, 0.717) is 44.6 Å². The van der Waals surface area contributed by atoms with Crippen LogP contribution in [0.5, 0.6) is 5.75 Å². The molecule has 1 heterocycles. The number of fused-ring (bicyclic) bond motifs is 1. The summed E-state index contributed by atoms with van der Waals surface area (Å²) < 4.78 is 25.2. The molecule has 200 valence electrons. The van der Waals surface area contributed by atoms with Crippen molar-refractivity contribution in [3.05, 3.63) is 87.2 Å². The van der Waals surface area contributed by atoms with Crippen LogP contribution in [0, 0.1) is 17.1 Å². The third kappa shape index (κ3) is 7.37. The standard InChI is InChI=1S/C29H25BrClFN4O3/c1-29(2,3)39-27(37)16-38-26-9-4-17(10-22(26)30)14-34-19-6-8-25-21(11-19)28(18(13-33)15-35-25)36-20-5-7-24(32)23(31)12-20/h4-12,15,34H,14,16H2,1-3H3,(H,35,36). The number of anilines is 3. The van der Waals surface area contributed by atoms with Crippen LogP contribution in [0.2, 0.25) is 5.02 Å². The third-order valence-electron chi connectivity index (χ3n) is 5.44. The highest BCUT2D eigenvalue weighted by Crippen LogP contribution is 2.32. The Balaban J connectivity index is 1.49. The van der Waals surface area contributed by atoms with Gasteiger partial charge in [-0.3, -0.25) is 4.98 Å². The summed E-state index contributed by atoms with van der Waals surface area (Å²) in [7, 11) is 0. The van der Waals surface area contributed by atoms with E-state index in [9.17, 15) is 14.4 Å². The van der Waals surface area contributed by atoms with Crippen LogP contribution in [0.3, 0.4) is 0 Å². The highest BCUT2D eigenvalue weighted by atomic mass is 79.9. The summed E-state index contributed by atoms with van der Waals surface area (Å²) in [4.78, 5) is 16.3. The Morgan fingerprint density at radius 3 is 2.59 bits per heavy atom. The highest BCUT2D eigenvalue weighted by Gasteiger charge is 2.17. The number of nitrogens with zero attached hydrogens (tertiary/aromatic N) is 2. The van der Waals surface area contributed by atoms with Crippen LogP contribution in [0.1, 0.15) is 31.9 Å². The molecule has 0 atom stereocenters. The summed E-state index contributed by atoms with van der Waals surface area (Å²) in [6.07, 6.45) is 1.49. The minimum absolute atomic E-state index is 0.0216. The third-order valence-corrected chi connectivity index (χ3v) is 6.35. The predicted molar refractivity (Wildman–Crippen MR) is 154 cm³/mol. The summed E-state index contributed by atoms with van der Waals surface area (Å²) >= 11 is 9.44. The first-order valence-corrected chi connectivity index (χ1v) is 13.1. The van der Waals surface area contributed by atoms with Crippen LogP contribution in [-0.4, -0.2) is 23.2 Å². The molecule has 0 bridgehead atoms. The predicted octanol–water partition coefficient (Wildman–Crippen LogP) is 7.74. The molecule has 0 aliphatic heterocycles. The molecule has 0 fully saturated rings. The Bertz CT molecular complexity index is 1580. The zero-order chi connectivity index (χ0) is 28.2. The van der Waals surface area contributed by atoms with Gasteiger partial charge in [-0.1, -0.05) is 17.7 Å². The number of aromatic nitrogens is 1. The molecule has 0 amide bonds. The van der Waals surface area contributed by atoms with E-state index >= 15 is 0 Å². The fraction of sp³-hybridized carbons (Fsp3) is 0.207. The minimum Gasteiger partial charge on any atom is -0.481 e. The molecular formula is C29H25BrClFN4O3. The van der Waals surface area contributed by atoms with Gasteiger partial charge in [0.1, 0.15) is 23.2 Å². The molecule has 0 saturated carbocycles. The number of halogens is 3. The Kier molecular flexibility index (Phi) is 8.58. The molecule has 0 spiro atoms. The number of rotatable bonds is 8. The van der Waals surface area contributed by atoms with E-state index in [4.69, 9.17) is 21.1 Å². The summed E-state index contributed by atoms with van der Waals surface area (Å²) in [6, 6.07) is 17.6. The van der Waals surface area contributed by atoms with Crippen molar-refractivity contribution in [1.29, 1.82) is 5.26 Å². The molecule has 4 aromatic rings. The molecule has 3 aromatic carbocycles. The van der Waals surface area contributed by atoms with Gasteiger partial charge >= 0.3 is 5.97 Å². The second kappa shape index (κ2) is 11.9. The fourth-order valence-electron chi connectivity index (χ4n) is 3.72. The monoisotopic (exact) mass is 610 g/mol. The SMILES string of the molecule is CC(C)(C)OC(=O)COc1ccc(CNc2ccc3ncc(C#N)c(Nc4ccc(F)c(Cl)c4)c3c2)cc1Br. The molecule has 0 aliphatic carbocycles. The van der Waals surface area contributed by atoms with Crippen LogP contribution < -0.4 is 15.4 Å². The van der Waals surface area contributed by atoms with Gasteiger partial charge in [-0.25, -0.2) is 9.18 Å². The summed E-state index contributed by atoms with van der Waals surface area (Å²) in [6.45, 7) is 5.71. The maximum Gasteiger partial charge on any atom is 0.344 e. The Hall–Kier alpha value is -3.87. The van der Waals surface area contributed by atoms with Crippen LogP contribution in [0.4, 0.5) is 21.5 Å². The molecule has 7 nitrogen and oxygen atoms in total. The molecule has 1 aromatic heterocycles. The Morgan fingerprint density at radius 2 is 1.90 bits per heavy atom. The largest absolute Gasteiger partial charge is 0.481 e. The van der Waals surface area contributed by atoms with Gasteiger partial charge < -0.3 is 20.1 Å². The van der Waals surface area contributed by atoms with Crippen molar-refractivity contribution in [3.8, 4) is 11.8 Å². The van der Waals surface area contributed by atoms with Crippen molar-refractivity contribution >= 4 is 61.5 Å². The molecule has 39 heavy (non-hydrogen) atoms. The number of carbonyl (C=O) groups excluding carboxylic acids is 1. The van der Waals surface area contributed by atoms with Crippen LogP contribution in [-0.2, 0) is 16.1 Å². The summed E-state index contributed by atoms with van der Waals surface area (Å²) in [5.74, 6) is -0.438. The van der Waals surface area contributed by atoms with Crippen molar-refractivity contribution in [3.63, 3.8) is 0 Å². The van der Waals surface area contributed by atoms with Gasteiger partial charge in [0.15, 0.2) is 6.61 Å².